The van der Waals surface area contributed by atoms with Crippen molar-refractivity contribution in [2.75, 3.05) is 19.6 Å². The van der Waals surface area contributed by atoms with Gasteiger partial charge in [0.2, 0.25) is 0 Å². The second-order valence-corrected chi connectivity index (χ2v) is 6.57. The van der Waals surface area contributed by atoms with Gasteiger partial charge in [0.25, 0.3) is 0 Å². The third-order valence-corrected chi connectivity index (χ3v) is 4.58. The molecule has 1 fully saturated rings. The van der Waals surface area contributed by atoms with Gasteiger partial charge in [0.1, 0.15) is 0 Å². The fraction of sp³-hybridized carbons (Fsp3) is 0.684. The molecule has 1 aromatic rings. The minimum Gasteiger partial charge on any atom is -0.309 e. The molecule has 0 aromatic heterocycles. The van der Waals surface area contributed by atoms with E-state index in [1.165, 1.54) is 57.3 Å². The Balaban J connectivity index is 1.84. The van der Waals surface area contributed by atoms with Crippen molar-refractivity contribution in [1.82, 2.24) is 10.2 Å². The second-order valence-electron chi connectivity index (χ2n) is 6.57. The quantitative estimate of drug-likeness (QED) is 0.776. The summed E-state index contributed by atoms with van der Waals surface area (Å²) in [6, 6.07) is 11.4. The van der Waals surface area contributed by atoms with E-state index in [1.807, 2.05) is 0 Å². The fourth-order valence-corrected chi connectivity index (χ4v) is 3.49. The number of hydrogen-bond donors (Lipinski definition) is 1. The van der Waals surface area contributed by atoms with E-state index in [0.29, 0.717) is 6.04 Å². The molecule has 0 amide bonds. The Morgan fingerprint density at radius 1 is 1.10 bits per heavy atom. The minimum absolute atomic E-state index is 0.660. The Morgan fingerprint density at radius 3 is 2.62 bits per heavy atom. The predicted molar refractivity (Wildman–Crippen MR) is 91.4 cm³/mol. The van der Waals surface area contributed by atoms with Crippen LogP contribution in [0.2, 0.25) is 0 Å². The molecule has 2 unspecified atom stereocenters. The van der Waals surface area contributed by atoms with Crippen LogP contribution in [0.1, 0.15) is 51.5 Å². The lowest BCUT2D eigenvalue weighted by Crippen LogP contribution is -2.49. The van der Waals surface area contributed by atoms with Gasteiger partial charge in [-0.15, -0.1) is 0 Å². The number of unbranched alkanes of at least 4 members (excludes halogenated alkanes) is 1. The summed E-state index contributed by atoms with van der Waals surface area (Å²) in [5.41, 5.74) is 1.40. The smallest absolute Gasteiger partial charge is 0.0208 e. The van der Waals surface area contributed by atoms with Gasteiger partial charge in [0, 0.05) is 25.7 Å². The maximum absolute atomic E-state index is 3.79. The molecule has 0 saturated carbocycles. The van der Waals surface area contributed by atoms with E-state index in [2.05, 4.69) is 54.4 Å². The molecular formula is C19H32N2. The molecule has 2 nitrogen and oxygen atoms in total. The molecule has 0 spiro atoms. The highest BCUT2D eigenvalue weighted by Gasteiger charge is 2.25. The number of rotatable bonds is 8. The molecule has 1 aromatic carbocycles. The molecular weight excluding hydrogens is 256 g/mol. The monoisotopic (exact) mass is 288 g/mol. The van der Waals surface area contributed by atoms with E-state index in [1.54, 1.807) is 0 Å². The normalized spacial score (nSPS) is 23.3. The third kappa shape index (κ3) is 5.80. The highest BCUT2D eigenvalue weighted by molar-refractivity contribution is 5.14. The number of nitrogens with one attached hydrogen (secondary N) is 1. The second kappa shape index (κ2) is 9.22. The summed E-state index contributed by atoms with van der Waals surface area (Å²) in [6.07, 6.45) is 6.69. The lowest BCUT2D eigenvalue weighted by Gasteiger charge is -2.38. The van der Waals surface area contributed by atoms with E-state index in [-0.39, 0.29) is 0 Å². The van der Waals surface area contributed by atoms with Crippen molar-refractivity contribution >= 4 is 0 Å². The Morgan fingerprint density at radius 2 is 1.90 bits per heavy atom. The molecule has 2 atom stereocenters. The number of benzene rings is 1. The lowest BCUT2D eigenvalue weighted by atomic mass is 9.90. The maximum atomic E-state index is 3.79. The van der Waals surface area contributed by atoms with Gasteiger partial charge in [-0.05, 0) is 37.3 Å². The zero-order valence-electron chi connectivity index (χ0n) is 13.9. The van der Waals surface area contributed by atoms with Crippen molar-refractivity contribution in [2.45, 2.75) is 58.5 Å². The van der Waals surface area contributed by atoms with Crippen molar-refractivity contribution in [3.63, 3.8) is 0 Å². The minimum atomic E-state index is 0.660. The van der Waals surface area contributed by atoms with Crippen LogP contribution < -0.4 is 5.32 Å². The molecule has 0 bridgehead atoms. The molecule has 118 valence electrons. The van der Waals surface area contributed by atoms with Crippen LogP contribution in [0, 0.1) is 5.92 Å². The van der Waals surface area contributed by atoms with Crippen molar-refractivity contribution in [3.05, 3.63) is 35.9 Å². The van der Waals surface area contributed by atoms with Gasteiger partial charge < -0.3 is 10.2 Å². The summed E-state index contributed by atoms with van der Waals surface area (Å²) in [5, 5.41) is 3.79. The van der Waals surface area contributed by atoms with Crippen molar-refractivity contribution in [1.29, 1.82) is 0 Å². The van der Waals surface area contributed by atoms with Crippen LogP contribution in [-0.4, -0.2) is 30.6 Å². The zero-order valence-corrected chi connectivity index (χ0v) is 13.9. The standard InChI is InChI=1S/C19H32N2/c1-3-5-12-21-15-18(9-4-2)13-19(16-21)20-14-17-10-7-6-8-11-17/h6-8,10-11,18-20H,3-5,9,12-16H2,1-2H3. The first-order chi connectivity index (χ1) is 10.3. The highest BCUT2D eigenvalue weighted by atomic mass is 15.2. The van der Waals surface area contributed by atoms with E-state index < -0.39 is 0 Å². The average Bonchev–Trinajstić information content (AvgIpc) is 2.52. The largest absolute Gasteiger partial charge is 0.309 e. The number of likely N-dealkylation sites (tertiary alicyclic amines) is 1. The van der Waals surface area contributed by atoms with Gasteiger partial charge in [-0.2, -0.15) is 0 Å². The molecule has 2 rings (SSSR count). The summed E-state index contributed by atoms with van der Waals surface area (Å²) >= 11 is 0. The highest BCUT2D eigenvalue weighted by Crippen LogP contribution is 2.22. The summed E-state index contributed by atoms with van der Waals surface area (Å²) in [5.74, 6) is 0.883. The van der Waals surface area contributed by atoms with Gasteiger partial charge in [0.05, 0.1) is 0 Å². The zero-order chi connectivity index (χ0) is 14.9. The first-order valence-corrected chi connectivity index (χ1v) is 8.81. The lowest BCUT2D eigenvalue weighted by molar-refractivity contribution is 0.133. The summed E-state index contributed by atoms with van der Waals surface area (Å²) < 4.78 is 0. The molecule has 2 heteroatoms. The molecule has 1 N–H and O–H groups in total. The molecule has 1 aliphatic rings. The molecule has 21 heavy (non-hydrogen) atoms. The van der Waals surface area contributed by atoms with Crippen molar-refractivity contribution in [3.8, 4) is 0 Å². The summed E-state index contributed by atoms with van der Waals surface area (Å²) in [7, 11) is 0. The average molecular weight is 288 g/mol. The van der Waals surface area contributed by atoms with Crippen molar-refractivity contribution in [2.24, 2.45) is 5.92 Å². The van der Waals surface area contributed by atoms with Crippen LogP contribution in [0.25, 0.3) is 0 Å². The third-order valence-electron chi connectivity index (χ3n) is 4.58. The molecule has 1 aliphatic heterocycles. The van der Waals surface area contributed by atoms with Crippen molar-refractivity contribution < 1.29 is 0 Å². The summed E-state index contributed by atoms with van der Waals surface area (Å²) in [6.45, 7) is 9.44. The summed E-state index contributed by atoms with van der Waals surface area (Å²) in [4.78, 5) is 2.69. The Hall–Kier alpha value is -0.860. The Kier molecular flexibility index (Phi) is 7.25. The van der Waals surface area contributed by atoms with E-state index in [0.717, 1.165) is 12.5 Å². The van der Waals surface area contributed by atoms with Gasteiger partial charge in [-0.3, -0.25) is 0 Å². The molecule has 1 saturated heterocycles. The SMILES string of the molecule is CCCCN1CC(CCC)CC(NCc2ccccc2)C1. The molecule has 0 aliphatic carbocycles. The topological polar surface area (TPSA) is 15.3 Å². The van der Waals surface area contributed by atoms with Crippen LogP contribution in [0.5, 0.6) is 0 Å². The number of piperidine rings is 1. The maximum Gasteiger partial charge on any atom is 0.0208 e. The van der Waals surface area contributed by atoms with Gasteiger partial charge in [-0.1, -0.05) is 57.0 Å². The number of nitrogens with zero attached hydrogens (tertiary/aromatic N) is 1. The number of hydrogen-bond acceptors (Lipinski definition) is 2. The van der Waals surface area contributed by atoms with Crippen LogP contribution in [0.3, 0.4) is 0 Å². The molecule has 0 radical (unpaired) electrons. The van der Waals surface area contributed by atoms with Gasteiger partial charge in [-0.25, -0.2) is 0 Å². The van der Waals surface area contributed by atoms with Crippen LogP contribution in [-0.2, 0) is 6.54 Å². The first-order valence-electron chi connectivity index (χ1n) is 8.81. The molecule has 1 heterocycles. The van der Waals surface area contributed by atoms with Crippen LogP contribution in [0.15, 0.2) is 30.3 Å². The van der Waals surface area contributed by atoms with E-state index in [9.17, 15) is 0 Å². The van der Waals surface area contributed by atoms with E-state index in [4.69, 9.17) is 0 Å². The predicted octanol–water partition coefficient (Wildman–Crippen LogP) is 4.07. The first kappa shape index (κ1) is 16.5. The van der Waals surface area contributed by atoms with E-state index >= 15 is 0 Å². The van der Waals surface area contributed by atoms with Crippen LogP contribution >= 0.6 is 0 Å². The van der Waals surface area contributed by atoms with Gasteiger partial charge in [0.15, 0.2) is 0 Å². The fourth-order valence-electron chi connectivity index (χ4n) is 3.49. The van der Waals surface area contributed by atoms with Gasteiger partial charge >= 0.3 is 0 Å². The van der Waals surface area contributed by atoms with Crippen LogP contribution in [0.4, 0.5) is 0 Å². The Labute approximate surface area is 130 Å². The Bertz CT molecular complexity index is 376.